The Kier molecular flexibility index (Phi) is 4.55. The SMILES string of the molecule is CCCNC(=O)CN1CC(CO)CC1=O. The third-order valence-corrected chi connectivity index (χ3v) is 2.46. The Hall–Kier alpha value is -1.10. The lowest BCUT2D eigenvalue weighted by atomic mass is 10.1. The van der Waals surface area contributed by atoms with E-state index in [1.165, 1.54) is 4.90 Å². The zero-order chi connectivity index (χ0) is 11.3. The molecule has 5 nitrogen and oxygen atoms in total. The van der Waals surface area contributed by atoms with Gasteiger partial charge in [-0.15, -0.1) is 0 Å². The first-order valence-corrected chi connectivity index (χ1v) is 5.32. The van der Waals surface area contributed by atoms with E-state index in [4.69, 9.17) is 5.11 Å². The van der Waals surface area contributed by atoms with Gasteiger partial charge in [-0.3, -0.25) is 9.59 Å². The van der Waals surface area contributed by atoms with Crippen LogP contribution in [0.2, 0.25) is 0 Å². The number of aliphatic hydroxyl groups excluding tert-OH is 1. The van der Waals surface area contributed by atoms with Crippen molar-refractivity contribution < 1.29 is 14.7 Å². The number of hydrogen-bond donors (Lipinski definition) is 2. The average Bonchev–Trinajstić information content (AvgIpc) is 2.57. The zero-order valence-corrected chi connectivity index (χ0v) is 9.03. The number of hydrogen-bond acceptors (Lipinski definition) is 3. The first-order valence-electron chi connectivity index (χ1n) is 5.32. The summed E-state index contributed by atoms with van der Waals surface area (Å²) < 4.78 is 0. The highest BCUT2D eigenvalue weighted by molar-refractivity contribution is 5.86. The molecule has 1 rings (SSSR count). The van der Waals surface area contributed by atoms with E-state index in [-0.39, 0.29) is 30.9 Å². The monoisotopic (exact) mass is 214 g/mol. The molecule has 2 amide bonds. The molecule has 86 valence electrons. The minimum atomic E-state index is -0.121. The molecule has 0 aliphatic carbocycles. The Bertz CT molecular complexity index is 243. The van der Waals surface area contributed by atoms with Crippen molar-refractivity contribution in [2.24, 2.45) is 5.92 Å². The van der Waals surface area contributed by atoms with Gasteiger partial charge in [-0.25, -0.2) is 0 Å². The van der Waals surface area contributed by atoms with Gasteiger partial charge in [-0.1, -0.05) is 6.92 Å². The van der Waals surface area contributed by atoms with Crippen LogP contribution in [0.5, 0.6) is 0 Å². The number of aliphatic hydroxyl groups is 1. The van der Waals surface area contributed by atoms with E-state index < -0.39 is 0 Å². The van der Waals surface area contributed by atoms with Crippen LogP contribution < -0.4 is 5.32 Å². The van der Waals surface area contributed by atoms with Crippen molar-refractivity contribution in [3.8, 4) is 0 Å². The van der Waals surface area contributed by atoms with Crippen molar-refractivity contribution in [2.45, 2.75) is 19.8 Å². The normalized spacial score (nSPS) is 20.8. The van der Waals surface area contributed by atoms with Crippen LogP contribution in [0, 0.1) is 5.92 Å². The molecular formula is C10H18N2O3. The second-order valence-corrected chi connectivity index (χ2v) is 3.88. The Morgan fingerprint density at radius 2 is 2.40 bits per heavy atom. The van der Waals surface area contributed by atoms with Gasteiger partial charge in [0.25, 0.3) is 0 Å². The second kappa shape index (κ2) is 5.70. The number of carbonyl (C=O) groups excluding carboxylic acids is 2. The van der Waals surface area contributed by atoms with Crippen molar-refractivity contribution in [1.29, 1.82) is 0 Å². The van der Waals surface area contributed by atoms with Gasteiger partial charge in [-0.05, 0) is 6.42 Å². The summed E-state index contributed by atoms with van der Waals surface area (Å²) in [5.74, 6) is -0.166. The molecule has 1 atom stereocenters. The molecule has 0 saturated carbocycles. The molecule has 15 heavy (non-hydrogen) atoms. The molecule has 1 fully saturated rings. The third kappa shape index (κ3) is 3.51. The van der Waals surface area contributed by atoms with Gasteiger partial charge >= 0.3 is 0 Å². The first kappa shape index (κ1) is 12.0. The molecule has 0 bridgehead atoms. The predicted molar refractivity (Wildman–Crippen MR) is 55.1 cm³/mol. The van der Waals surface area contributed by atoms with E-state index in [1.807, 2.05) is 6.92 Å². The molecule has 1 aliphatic rings. The van der Waals surface area contributed by atoms with E-state index in [0.29, 0.717) is 19.5 Å². The molecule has 1 aliphatic heterocycles. The summed E-state index contributed by atoms with van der Waals surface area (Å²) in [4.78, 5) is 24.2. The van der Waals surface area contributed by atoms with Crippen molar-refractivity contribution in [3.63, 3.8) is 0 Å². The lowest BCUT2D eigenvalue weighted by Crippen LogP contribution is -2.38. The summed E-state index contributed by atoms with van der Waals surface area (Å²) in [5.41, 5.74) is 0. The van der Waals surface area contributed by atoms with Crippen LogP contribution in [0.3, 0.4) is 0 Å². The molecule has 1 saturated heterocycles. The summed E-state index contributed by atoms with van der Waals surface area (Å²) >= 11 is 0. The highest BCUT2D eigenvalue weighted by atomic mass is 16.3. The average molecular weight is 214 g/mol. The number of nitrogens with one attached hydrogen (secondary N) is 1. The van der Waals surface area contributed by atoms with Crippen LogP contribution in [0.4, 0.5) is 0 Å². The van der Waals surface area contributed by atoms with Crippen molar-refractivity contribution >= 4 is 11.8 Å². The third-order valence-electron chi connectivity index (χ3n) is 2.46. The number of carbonyl (C=O) groups is 2. The Labute approximate surface area is 89.4 Å². The van der Waals surface area contributed by atoms with Gasteiger partial charge in [0.2, 0.25) is 11.8 Å². The molecule has 2 N–H and O–H groups in total. The van der Waals surface area contributed by atoms with E-state index in [2.05, 4.69) is 5.32 Å². The van der Waals surface area contributed by atoms with Gasteiger partial charge < -0.3 is 15.3 Å². The van der Waals surface area contributed by atoms with Crippen LogP contribution >= 0.6 is 0 Å². The highest BCUT2D eigenvalue weighted by Crippen LogP contribution is 2.16. The van der Waals surface area contributed by atoms with Crippen LogP contribution in [-0.2, 0) is 9.59 Å². The molecule has 0 aromatic rings. The van der Waals surface area contributed by atoms with Crippen molar-refractivity contribution in [2.75, 3.05) is 26.2 Å². The molecule has 1 heterocycles. The summed E-state index contributed by atoms with van der Waals surface area (Å²) in [5, 5.41) is 11.6. The molecule has 0 spiro atoms. The molecular weight excluding hydrogens is 196 g/mol. The topological polar surface area (TPSA) is 69.6 Å². The Balaban J connectivity index is 2.32. The molecule has 1 unspecified atom stereocenters. The molecule has 0 radical (unpaired) electrons. The van der Waals surface area contributed by atoms with Crippen LogP contribution in [0.25, 0.3) is 0 Å². The number of likely N-dealkylation sites (tertiary alicyclic amines) is 1. The summed E-state index contributed by atoms with van der Waals surface area (Å²) in [6.45, 7) is 3.25. The van der Waals surface area contributed by atoms with Crippen LogP contribution in [0.15, 0.2) is 0 Å². The molecule has 5 heteroatoms. The van der Waals surface area contributed by atoms with Gasteiger partial charge in [0.1, 0.15) is 0 Å². The van der Waals surface area contributed by atoms with E-state index >= 15 is 0 Å². The standard InChI is InChI=1S/C10H18N2O3/c1-2-3-11-9(14)6-12-5-8(7-13)4-10(12)15/h8,13H,2-7H2,1H3,(H,11,14). The highest BCUT2D eigenvalue weighted by Gasteiger charge is 2.29. The van der Waals surface area contributed by atoms with E-state index in [9.17, 15) is 9.59 Å². The van der Waals surface area contributed by atoms with E-state index in [1.54, 1.807) is 0 Å². The van der Waals surface area contributed by atoms with Crippen LogP contribution in [-0.4, -0.2) is 48.1 Å². The van der Waals surface area contributed by atoms with E-state index in [0.717, 1.165) is 6.42 Å². The number of amides is 2. The lowest BCUT2D eigenvalue weighted by Gasteiger charge is -2.15. The number of rotatable bonds is 5. The maximum atomic E-state index is 11.4. The smallest absolute Gasteiger partial charge is 0.239 e. The maximum Gasteiger partial charge on any atom is 0.239 e. The fourth-order valence-corrected chi connectivity index (χ4v) is 1.62. The maximum absolute atomic E-state index is 11.4. The summed E-state index contributed by atoms with van der Waals surface area (Å²) in [6.07, 6.45) is 1.25. The van der Waals surface area contributed by atoms with Crippen LogP contribution in [0.1, 0.15) is 19.8 Å². The second-order valence-electron chi connectivity index (χ2n) is 3.88. The summed E-state index contributed by atoms with van der Waals surface area (Å²) in [6, 6.07) is 0. The van der Waals surface area contributed by atoms with Gasteiger partial charge in [0.05, 0.1) is 6.54 Å². The quantitative estimate of drug-likeness (QED) is 0.639. The minimum absolute atomic E-state index is 0.00326. The van der Waals surface area contributed by atoms with Crippen molar-refractivity contribution in [1.82, 2.24) is 10.2 Å². The fourth-order valence-electron chi connectivity index (χ4n) is 1.62. The fraction of sp³-hybridized carbons (Fsp3) is 0.800. The predicted octanol–water partition coefficient (Wildman–Crippen LogP) is -0.647. The Morgan fingerprint density at radius 3 is 2.93 bits per heavy atom. The number of nitrogens with zero attached hydrogens (tertiary/aromatic N) is 1. The minimum Gasteiger partial charge on any atom is -0.396 e. The van der Waals surface area contributed by atoms with Crippen molar-refractivity contribution in [3.05, 3.63) is 0 Å². The van der Waals surface area contributed by atoms with Gasteiger partial charge in [-0.2, -0.15) is 0 Å². The lowest BCUT2D eigenvalue weighted by molar-refractivity contribution is -0.133. The first-order chi connectivity index (χ1) is 7.17. The molecule has 0 aromatic carbocycles. The largest absolute Gasteiger partial charge is 0.396 e. The Morgan fingerprint density at radius 1 is 1.67 bits per heavy atom. The van der Waals surface area contributed by atoms with Gasteiger partial charge in [0.15, 0.2) is 0 Å². The van der Waals surface area contributed by atoms with Gasteiger partial charge in [0, 0.05) is 32.0 Å². The zero-order valence-electron chi connectivity index (χ0n) is 9.03. The molecule has 0 aromatic heterocycles. The summed E-state index contributed by atoms with van der Waals surface area (Å²) in [7, 11) is 0.